The molecule has 0 atom stereocenters. The van der Waals surface area contributed by atoms with Gasteiger partial charge in [-0.15, -0.1) is 0 Å². The molecule has 1 fully saturated rings. The van der Waals surface area contributed by atoms with Gasteiger partial charge in [0.1, 0.15) is 5.56 Å². The third-order valence-electron chi connectivity index (χ3n) is 5.45. The average molecular weight is 394 g/mol. The topological polar surface area (TPSA) is 77.0 Å². The van der Waals surface area contributed by atoms with Gasteiger partial charge < -0.3 is 9.80 Å². The third kappa shape index (κ3) is 4.23. The lowest BCUT2D eigenvalue weighted by molar-refractivity contribution is 0.0787. The van der Waals surface area contributed by atoms with Gasteiger partial charge in [-0.25, -0.2) is 9.50 Å². The fourth-order valence-corrected chi connectivity index (χ4v) is 3.64. The number of likely N-dealkylation sites (N-methyl/N-ethyl adjacent to an activating group) is 1. The molecule has 29 heavy (non-hydrogen) atoms. The summed E-state index contributed by atoms with van der Waals surface area (Å²) in [6, 6.07) is 9.78. The van der Waals surface area contributed by atoms with Gasteiger partial charge in [-0.05, 0) is 18.2 Å². The van der Waals surface area contributed by atoms with E-state index < -0.39 is 0 Å². The van der Waals surface area contributed by atoms with Crippen molar-refractivity contribution in [3.63, 3.8) is 0 Å². The number of hydrogen-bond acceptors (Lipinski definition) is 5. The molecule has 0 unspecified atom stereocenters. The van der Waals surface area contributed by atoms with Crippen LogP contribution < -0.4 is 5.56 Å². The second-order valence-electron chi connectivity index (χ2n) is 7.69. The molecule has 0 radical (unpaired) electrons. The number of carbonyl (C=O) groups excluding carboxylic acids is 1. The van der Waals surface area contributed by atoms with Gasteiger partial charge in [0.2, 0.25) is 0 Å². The molecule has 3 heterocycles. The van der Waals surface area contributed by atoms with Crippen LogP contribution in [-0.4, -0.2) is 75.5 Å². The second-order valence-corrected chi connectivity index (χ2v) is 7.69. The van der Waals surface area contributed by atoms with E-state index in [4.69, 9.17) is 0 Å². The van der Waals surface area contributed by atoms with Crippen LogP contribution in [0.5, 0.6) is 0 Å². The minimum atomic E-state index is -0.243. The van der Waals surface area contributed by atoms with Gasteiger partial charge in [-0.3, -0.25) is 19.6 Å². The van der Waals surface area contributed by atoms with Crippen molar-refractivity contribution >= 4 is 11.6 Å². The number of nitrogens with one attached hydrogen (secondary N) is 1. The summed E-state index contributed by atoms with van der Waals surface area (Å²) in [6.45, 7) is 5.86. The van der Waals surface area contributed by atoms with Crippen molar-refractivity contribution in [2.45, 2.75) is 13.1 Å². The van der Waals surface area contributed by atoms with Crippen LogP contribution in [0, 0.1) is 0 Å². The summed E-state index contributed by atoms with van der Waals surface area (Å²) in [5.74, 6) is -0.177. The standard InChI is InChI=1S/C21H26N6O2/c1-24-9-11-26(12-10-24)15-17-5-3-16(4-6-17)14-25(2)21(29)18-13-23-27-19(28)7-8-22-20(18)27/h3-8,13,23H,9-12,14-15H2,1-2H3. The molecule has 0 aliphatic carbocycles. The number of nitrogens with zero attached hydrogens (tertiary/aromatic N) is 5. The number of benzene rings is 1. The van der Waals surface area contributed by atoms with E-state index in [1.54, 1.807) is 11.9 Å². The fourth-order valence-electron chi connectivity index (χ4n) is 3.64. The smallest absolute Gasteiger partial charge is 0.272 e. The maximum Gasteiger partial charge on any atom is 0.272 e. The molecule has 8 nitrogen and oxygen atoms in total. The normalized spacial score (nSPS) is 15.7. The number of carbonyl (C=O) groups is 1. The summed E-state index contributed by atoms with van der Waals surface area (Å²) in [5, 5.41) is 2.79. The Hall–Kier alpha value is -2.97. The summed E-state index contributed by atoms with van der Waals surface area (Å²) in [5.41, 5.74) is 2.84. The summed E-state index contributed by atoms with van der Waals surface area (Å²) in [4.78, 5) is 35.3. The summed E-state index contributed by atoms with van der Waals surface area (Å²) >= 11 is 0. The molecular formula is C21H26N6O2. The summed E-state index contributed by atoms with van der Waals surface area (Å²) in [7, 11) is 3.92. The Morgan fingerprint density at radius 2 is 1.79 bits per heavy atom. The Balaban J connectivity index is 1.40. The number of H-pyrrole nitrogens is 1. The minimum absolute atomic E-state index is 0.177. The zero-order valence-corrected chi connectivity index (χ0v) is 16.8. The van der Waals surface area contributed by atoms with E-state index in [9.17, 15) is 9.59 Å². The molecule has 152 valence electrons. The molecule has 2 aromatic heterocycles. The van der Waals surface area contributed by atoms with E-state index in [1.807, 2.05) is 0 Å². The van der Waals surface area contributed by atoms with Crippen molar-refractivity contribution in [3.8, 4) is 0 Å². The van der Waals surface area contributed by atoms with Gasteiger partial charge in [-0.1, -0.05) is 24.3 Å². The Kier molecular flexibility index (Phi) is 5.46. The number of rotatable bonds is 5. The predicted octanol–water partition coefficient (Wildman–Crippen LogP) is 1.04. The fraction of sp³-hybridized carbons (Fsp3) is 0.381. The maximum absolute atomic E-state index is 12.8. The lowest BCUT2D eigenvalue weighted by Gasteiger charge is -2.32. The summed E-state index contributed by atoms with van der Waals surface area (Å²) < 4.78 is 1.27. The molecule has 1 aromatic carbocycles. The van der Waals surface area contributed by atoms with E-state index in [-0.39, 0.29) is 11.5 Å². The van der Waals surface area contributed by atoms with Crippen molar-refractivity contribution in [3.05, 3.63) is 69.8 Å². The van der Waals surface area contributed by atoms with Crippen LogP contribution in [0.25, 0.3) is 5.65 Å². The van der Waals surface area contributed by atoms with E-state index in [2.05, 4.69) is 51.2 Å². The number of aromatic nitrogens is 3. The summed E-state index contributed by atoms with van der Waals surface area (Å²) in [6.07, 6.45) is 2.95. The largest absolute Gasteiger partial charge is 0.337 e. The highest BCUT2D eigenvalue weighted by molar-refractivity contribution is 5.99. The number of piperazine rings is 1. The van der Waals surface area contributed by atoms with Gasteiger partial charge in [0.05, 0.1) is 0 Å². The number of hydrogen-bond donors (Lipinski definition) is 1. The van der Waals surface area contributed by atoms with Gasteiger partial charge in [0, 0.05) is 64.8 Å². The van der Waals surface area contributed by atoms with Crippen LogP contribution in [0.2, 0.25) is 0 Å². The quantitative estimate of drug-likeness (QED) is 0.700. The molecular weight excluding hydrogens is 368 g/mol. The molecule has 3 aromatic rings. The number of fused-ring (bicyclic) bond motifs is 1. The first-order valence-corrected chi connectivity index (χ1v) is 9.80. The minimum Gasteiger partial charge on any atom is -0.337 e. The van der Waals surface area contributed by atoms with Crippen LogP contribution in [0.15, 0.2) is 47.5 Å². The average Bonchev–Trinajstić information content (AvgIpc) is 3.16. The van der Waals surface area contributed by atoms with Gasteiger partial charge in [-0.2, -0.15) is 0 Å². The first-order chi connectivity index (χ1) is 14.0. The molecule has 1 amide bonds. The van der Waals surface area contributed by atoms with Crippen LogP contribution >= 0.6 is 0 Å². The lowest BCUT2D eigenvalue weighted by atomic mass is 10.1. The molecule has 0 bridgehead atoms. The van der Waals surface area contributed by atoms with E-state index >= 15 is 0 Å². The number of aromatic amines is 1. The Bertz CT molecular complexity index is 1050. The zero-order valence-electron chi connectivity index (χ0n) is 16.8. The highest BCUT2D eigenvalue weighted by atomic mass is 16.2. The van der Waals surface area contributed by atoms with E-state index in [1.165, 1.54) is 28.5 Å². The van der Waals surface area contributed by atoms with Gasteiger partial charge in [0.15, 0.2) is 5.65 Å². The van der Waals surface area contributed by atoms with Gasteiger partial charge in [0.25, 0.3) is 11.5 Å². The first kappa shape index (κ1) is 19.4. The van der Waals surface area contributed by atoms with Crippen molar-refractivity contribution < 1.29 is 4.79 Å². The molecule has 4 rings (SSSR count). The monoisotopic (exact) mass is 394 g/mol. The maximum atomic E-state index is 12.8. The second kappa shape index (κ2) is 8.18. The highest BCUT2D eigenvalue weighted by Crippen LogP contribution is 2.14. The highest BCUT2D eigenvalue weighted by Gasteiger charge is 2.18. The van der Waals surface area contributed by atoms with E-state index in [0.29, 0.717) is 17.8 Å². The molecule has 0 saturated carbocycles. The van der Waals surface area contributed by atoms with Crippen LogP contribution in [0.3, 0.4) is 0 Å². The van der Waals surface area contributed by atoms with Crippen molar-refractivity contribution in [2.24, 2.45) is 0 Å². The SMILES string of the molecule is CN1CCN(Cc2ccc(CN(C)C(=O)c3c[nH]n4c(=O)ccnc34)cc2)CC1. The Morgan fingerprint density at radius 1 is 1.10 bits per heavy atom. The molecule has 1 N–H and O–H groups in total. The predicted molar refractivity (Wildman–Crippen MR) is 111 cm³/mol. The van der Waals surface area contributed by atoms with Crippen molar-refractivity contribution in [1.82, 2.24) is 29.3 Å². The first-order valence-electron chi connectivity index (χ1n) is 9.80. The lowest BCUT2D eigenvalue weighted by Crippen LogP contribution is -2.43. The van der Waals surface area contributed by atoms with Crippen LogP contribution in [0.1, 0.15) is 21.5 Å². The van der Waals surface area contributed by atoms with Crippen LogP contribution in [-0.2, 0) is 13.1 Å². The van der Waals surface area contributed by atoms with Gasteiger partial charge >= 0.3 is 0 Å². The molecule has 0 spiro atoms. The number of amides is 1. The molecule has 1 aliphatic heterocycles. The third-order valence-corrected chi connectivity index (χ3v) is 5.45. The molecule has 8 heteroatoms. The Morgan fingerprint density at radius 3 is 2.52 bits per heavy atom. The zero-order chi connectivity index (χ0) is 20.4. The van der Waals surface area contributed by atoms with Crippen molar-refractivity contribution in [1.29, 1.82) is 0 Å². The molecule has 1 saturated heterocycles. The molecule has 1 aliphatic rings. The van der Waals surface area contributed by atoms with Crippen LogP contribution in [0.4, 0.5) is 0 Å². The van der Waals surface area contributed by atoms with Crippen molar-refractivity contribution in [2.75, 3.05) is 40.3 Å². The van der Waals surface area contributed by atoms with E-state index in [0.717, 1.165) is 38.3 Å². The Labute approximate surface area is 169 Å².